The highest BCUT2D eigenvalue weighted by atomic mass is 16.5. The number of rotatable bonds is 4. The van der Waals surface area contributed by atoms with Crippen molar-refractivity contribution in [3.05, 3.63) is 65.8 Å². The Morgan fingerprint density at radius 1 is 1.10 bits per heavy atom. The fraction of sp³-hybridized carbons (Fsp3) is 0.0625. The van der Waals surface area contributed by atoms with Gasteiger partial charge in [-0.1, -0.05) is 18.2 Å². The van der Waals surface area contributed by atoms with Gasteiger partial charge in [0, 0.05) is 24.7 Å². The van der Waals surface area contributed by atoms with E-state index in [0.29, 0.717) is 0 Å². The molecule has 2 heterocycles. The first-order valence-electron chi connectivity index (χ1n) is 6.08. The van der Waals surface area contributed by atoms with Crippen LogP contribution in [0.3, 0.4) is 0 Å². The fourth-order valence-electron chi connectivity index (χ4n) is 1.50. The van der Waals surface area contributed by atoms with Crippen LogP contribution in [-0.2, 0) is 9.53 Å². The molecule has 0 aliphatic carbocycles. The highest BCUT2D eigenvalue weighted by molar-refractivity contribution is 5.86. The van der Waals surface area contributed by atoms with Gasteiger partial charge in [-0.25, -0.2) is 4.79 Å². The molecule has 0 spiro atoms. The minimum Gasteiger partial charge on any atom is -0.466 e. The predicted octanol–water partition coefficient (Wildman–Crippen LogP) is 2.83. The number of carbonyl (C=O) groups excluding carboxylic acids is 1. The average Bonchev–Trinajstić information content (AvgIpc) is 2.52. The van der Waals surface area contributed by atoms with Crippen LogP contribution >= 0.6 is 0 Å². The molecule has 0 radical (unpaired) electrons. The molecule has 0 amide bonds. The van der Waals surface area contributed by atoms with Crippen LogP contribution in [-0.4, -0.2) is 23.0 Å². The molecule has 0 fully saturated rings. The number of aromatic nitrogens is 2. The molecule has 0 aromatic carbocycles. The van der Waals surface area contributed by atoms with Gasteiger partial charge >= 0.3 is 5.97 Å². The van der Waals surface area contributed by atoms with Crippen LogP contribution in [0.15, 0.2) is 48.9 Å². The summed E-state index contributed by atoms with van der Waals surface area (Å²) in [4.78, 5) is 19.3. The van der Waals surface area contributed by atoms with Crippen LogP contribution in [0.5, 0.6) is 0 Å². The Morgan fingerprint density at radius 3 is 2.60 bits per heavy atom. The van der Waals surface area contributed by atoms with E-state index >= 15 is 0 Å². The van der Waals surface area contributed by atoms with E-state index in [0.717, 1.165) is 16.8 Å². The van der Waals surface area contributed by atoms with Crippen LogP contribution in [0.25, 0.3) is 18.2 Å². The second-order valence-corrected chi connectivity index (χ2v) is 3.99. The molecule has 0 aliphatic heterocycles. The number of pyridine rings is 2. The molecule has 2 rings (SSSR count). The van der Waals surface area contributed by atoms with Crippen LogP contribution in [0.2, 0.25) is 0 Å². The first-order valence-corrected chi connectivity index (χ1v) is 6.08. The van der Waals surface area contributed by atoms with E-state index in [1.54, 1.807) is 24.7 Å². The third-order valence-electron chi connectivity index (χ3n) is 2.55. The van der Waals surface area contributed by atoms with Crippen LogP contribution in [0.1, 0.15) is 16.8 Å². The third kappa shape index (κ3) is 4.17. The molecular weight excluding hydrogens is 252 g/mol. The second kappa shape index (κ2) is 6.99. The first kappa shape index (κ1) is 13.7. The molecule has 0 atom stereocenters. The highest BCUT2D eigenvalue weighted by Gasteiger charge is 1.93. The molecule has 2 aromatic rings. The van der Waals surface area contributed by atoms with Crippen molar-refractivity contribution >= 4 is 24.2 Å². The summed E-state index contributed by atoms with van der Waals surface area (Å²) in [6.45, 7) is 0. The van der Waals surface area contributed by atoms with Gasteiger partial charge in [0.05, 0.1) is 12.8 Å². The summed E-state index contributed by atoms with van der Waals surface area (Å²) < 4.78 is 4.52. The number of hydrogen-bond acceptors (Lipinski definition) is 4. The summed E-state index contributed by atoms with van der Waals surface area (Å²) in [7, 11) is 1.34. The number of nitrogens with zero attached hydrogens (tertiary/aromatic N) is 2. The molecule has 2 aromatic heterocycles. The zero-order valence-electron chi connectivity index (χ0n) is 11.1. The summed E-state index contributed by atoms with van der Waals surface area (Å²) in [5, 5.41) is 0. The van der Waals surface area contributed by atoms with Crippen molar-refractivity contribution in [2.45, 2.75) is 0 Å². The summed E-state index contributed by atoms with van der Waals surface area (Å²) in [5.41, 5.74) is 2.70. The van der Waals surface area contributed by atoms with Crippen molar-refractivity contribution in [3.8, 4) is 0 Å². The molecule has 20 heavy (non-hydrogen) atoms. The molecular formula is C16H14N2O2. The van der Waals surface area contributed by atoms with Crippen molar-refractivity contribution in [2.75, 3.05) is 7.11 Å². The van der Waals surface area contributed by atoms with Gasteiger partial charge in [0.25, 0.3) is 0 Å². The third-order valence-corrected chi connectivity index (χ3v) is 2.55. The van der Waals surface area contributed by atoms with E-state index in [9.17, 15) is 4.79 Å². The average molecular weight is 266 g/mol. The number of hydrogen-bond donors (Lipinski definition) is 0. The summed E-state index contributed by atoms with van der Waals surface area (Å²) in [6, 6.07) is 7.62. The van der Waals surface area contributed by atoms with Crippen molar-refractivity contribution < 1.29 is 9.53 Å². The van der Waals surface area contributed by atoms with E-state index < -0.39 is 0 Å². The number of methoxy groups -OCH3 is 1. The van der Waals surface area contributed by atoms with Gasteiger partial charge in [-0.05, 0) is 35.4 Å². The lowest BCUT2D eigenvalue weighted by atomic mass is 10.2. The van der Waals surface area contributed by atoms with Gasteiger partial charge in [-0.2, -0.15) is 0 Å². The molecule has 0 aliphatic rings. The quantitative estimate of drug-likeness (QED) is 0.630. The lowest BCUT2D eigenvalue weighted by Gasteiger charge is -1.96. The molecule has 0 saturated heterocycles. The number of esters is 1. The zero-order chi connectivity index (χ0) is 14.2. The lowest BCUT2D eigenvalue weighted by Crippen LogP contribution is -1.93. The highest BCUT2D eigenvalue weighted by Crippen LogP contribution is 2.07. The maximum Gasteiger partial charge on any atom is 0.330 e. The Morgan fingerprint density at radius 2 is 1.95 bits per heavy atom. The van der Waals surface area contributed by atoms with E-state index in [4.69, 9.17) is 0 Å². The van der Waals surface area contributed by atoms with Gasteiger partial charge in [-0.15, -0.1) is 0 Å². The van der Waals surface area contributed by atoms with Crippen LogP contribution < -0.4 is 0 Å². The van der Waals surface area contributed by atoms with Gasteiger partial charge in [-0.3, -0.25) is 9.97 Å². The van der Waals surface area contributed by atoms with Crippen molar-refractivity contribution in [1.82, 2.24) is 9.97 Å². The molecule has 4 heteroatoms. The van der Waals surface area contributed by atoms with Gasteiger partial charge in [0.2, 0.25) is 0 Å². The standard InChI is InChI=1S/C16H14N2O2/c1-20-16(19)9-6-14-5-8-15(18-12-14)7-4-13-3-2-10-17-11-13/h2-12H,1H3. The summed E-state index contributed by atoms with van der Waals surface area (Å²) in [6.07, 6.45) is 12.1. The maximum atomic E-state index is 11.0. The van der Waals surface area contributed by atoms with E-state index in [2.05, 4.69) is 14.7 Å². The molecule has 100 valence electrons. The number of carbonyl (C=O) groups is 1. The van der Waals surface area contributed by atoms with Crippen molar-refractivity contribution in [3.63, 3.8) is 0 Å². The van der Waals surface area contributed by atoms with Crippen LogP contribution in [0, 0.1) is 0 Å². The summed E-state index contributed by atoms with van der Waals surface area (Å²) in [5.74, 6) is -0.384. The maximum absolute atomic E-state index is 11.0. The largest absolute Gasteiger partial charge is 0.466 e. The fourth-order valence-corrected chi connectivity index (χ4v) is 1.50. The van der Waals surface area contributed by atoms with E-state index in [-0.39, 0.29) is 5.97 Å². The smallest absolute Gasteiger partial charge is 0.330 e. The lowest BCUT2D eigenvalue weighted by molar-refractivity contribution is -0.134. The van der Waals surface area contributed by atoms with Crippen molar-refractivity contribution in [2.24, 2.45) is 0 Å². The molecule has 0 saturated carbocycles. The Balaban J connectivity index is 2.03. The Hall–Kier alpha value is -2.75. The van der Waals surface area contributed by atoms with Gasteiger partial charge in [0.15, 0.2) is 0 Å². The Kier molecular flexibility index (Phi) is 4.78. The zero-order valence-corrected chi connectivity index (χ0v) is 11.1. The molecule has 0 N–H and O–H groups in total. The molecule has 0 bridgehead atoms. The Bertz CT molecular complexity index is 617. The SMILES string of the molecule is COC(=O)C=Cc1ccc(C=Cc2cccnc2)nc1. The van der Waals surface area contributed by atoms with Crippen LogP contribution in [0.4, 0.5) is 0 Å². The minimum atomic E-state index is -0.384. The summed E-state index contributed by atoms with van der Waals surface area (Å²) >= 11 is 0. The van der Waals surface area contributed by atoms with Gasteiger partial charge in [0.1, 0.15) is 0 Å². The van der Waals surface area contributed by atoms with Crippen molar-refractivity contribution in [1.29, 1.82) is 0 Å². The molecule has 4 nitrogen and oxygen atoms in total. The second-order valence-electron chi connectivity index (χ2n) is 3.99. The van der Waals surface area contributed by atoms with Gasteiger partial charge < -0.3 is 4.74 Å². The predicted molar refractivity (Wildman–Crippen MR) is 78.5 cm³/mol. The number of ether oxygens (including phenoxy) is 1. The topological polar surface area (TPSA) is 52.1 Å². The monoisotopic (exact) mass is 266 g/mol. The normalized spacial score (nSPS) is 11.1. The van der Waals surface area contributed by atoms with E-state index in [1.807, 2.05) is 36.4 Å². The molecule has 0 unspecified atom stereocenters. The Labute approximate surface area is 117 Å². The van der Waals surface area contributed by atoms with E-state index in [1.165, 1.54) is 13.2 Å². The first-order chi connectivity index (χ1) is 9.78. The minimum absolute atomic E-state index is 0.384.